The number of nitrogens with zero attached hydrogens (tertiary/aromatic N) is 1. The monoisotopic (exact) mass is 677 g/mol. The van der Waals surface area contributed by atoms with Crippen LogP contribution in [0.5, 0.6) is 5.75 Å². The average molecular weight is 679 g/mol. The molecule has 0 aliphatic carbocycles. The fraction of sp³-hybridized carbons (Fsp3) is 0.382. The topological polar surface area (TPSA) is 108 Å². The van der Waals surface area contributed by atoms with Gasteiger partial charge in [-0.1, -0.05) is 58.4 Å². The van der Waals surface area contributed by atoms with E-state index in [1.807, 2.05) is 69.3 Å². The molecule has 2 bridgehead atoms. The zero-order chi connectivity index (χ0) is 31.2. The SMILES string of the molecule is CCOc1ccc(NC(=O)[C@H]2[C@H]3C(=O)N([C@H](CO)c4ccccc4)C(C(=O)Nc4cc(C)ccc4C)C34CC(Br)[C@@H]2S4)cc1. The van der Waals surface area contributed by atoms with E-state index in [0.29, 0.717) is 30.2 Å². The van der Waals surface area contributed by atoms with Gasteiger partial charge >= 0.3 is 0 Å². The van der Waals surface area contributed by atoms with Crippen LogP contribution in [0, 0.1) is 25.7 Å². The summed E-state index contributed by atoms with van der Waals surface area (Å²) in [5.74, 6) is -1.56. The van der Waals surface area contributed by atoms with Crippen LogP contribution in [0.15, 0.2) is 72.8 Å². The molecule has 44 heavy (non-hydrogen) atoms. The number of rotatable bonds is 9. The van der Waals surface area contributed by atoms with Crippen LogP contribution in [0.25, 0.3) is 0 Å². The van der Waals surface area contributed by atoms with Crippen molar-refractivity contribution in [1.82, 2.24) is 4.90 Å². The normalized spacial score (nSPS) is 27.6. The number of carbonyl (C=O) groups is 3. The Labute approximate surface area is 270 Å². The highest BCUT2D eigenvalue weighted by molar-refractivity contribution is 9.09. The number of likely N-dealkylation sites (tertiary alicyclic amines) is 1. The van der Waals surface area contributed by atoms with Crippen molar-refractivity contribution in [2.45, 2.75) is 54.1 Å². The summed E-state index contributed by atoms with van der Waals surface area (Å²) in [6, 6.07) is 20.6. The number of anilines is 2. The second kappa shape index (κ2) is 12.2. The average Bonchev–Trinajstić information content (AvgIpc) is 3.60. The number of aryl methyl sites for hydroxylation is 2. The number of alkyl halides is 1. The Morgan fingerprint density at radius 1 is 1.07 bits per heavy atom. The van der Waals surface area contributed by atoms with Gasteiger partial charge in [0.2, 0.25) is 17.7 Å². The van der Waals surface area contributed by atoms with Gasteiger partial charge < -0.3 is 25.4 Å². The lowest BCUT2D eigenvalue weighted by Crippen LogP contribution is -2.53. The molecule has 3 aliphatic rings. The van der Waals surface area contributed by atoms with Gasteiger partial charge in [-0.25, -0.2) is 0 Å². The van der Waals surface area contributed by atoms with Gasteiger partial charge in [-0.15, -0.1) is 11.8 Å². The Morgan fingerprint density at radius 2 is 1.80 bits per heavy atom. The number of hydrogen-bond donors (Lipinski definition) is 3. The van der Waals surface area contributed by atoms with Crippen LogP contribution in [0.3, 0.4) is 0 Å². The van der Waals surface area contributed by atoms with Crippen molar-refractivity contribution in [3.63, 3.8) is 0 Å². The number of thioether (sulfide) groups is 1. The number of aliphatic hydroxyl groups excluding tert-OH is 1. The highest BCUT2D eigenvalue weighted by Crippen LogP contribution is 2.68. The maximum absolute atomic E-state index is 14.6. The molecule has 3 amide bonds. The summed E-state index contributed by atoms with van der Waals surface area (Å²) < 4.78 is 4.67. The Bertz CT molecular complexity index is 1570. The lowest BCUT2D eigenvalue weighted by molar-refractivity contribution is -0.141. The minimum Gasteiger partial charge on any atom is -0.494 e. The number of halogens is 1. The molecule has 3 heterocycles. The maximum atomic E-state index is 14.6. The molecule has 3 aliphatic heterocycles. The van der Waals surface area contributed by atoms with Crippen LogP contribution in [0.2, 0.25) is 0 Å². The number of hydrogen-bond acceptors (Lipinski definition) is 6. The van der Waals surface area contributed by atoms with Crippen molar-refractivity contribution in [3.05, 3.63) is 89.5 Å². The van der Waals surface area contributed by atoms with E-state index in [-0.39, 0.29) is 34.4 Å². The van der Waals surface area contributed by atoms with Crippen LogP contribution in [-0.4, -0.2) is 61.8 Å². The van der Waals surface area contributed by atoms with Gasteiger partial charge in [-0.3, -0.25) is 14.4 Å². The van der Waals surface area contributed by atoms with Gasteiger partial charge in [0, 0.05) is 21.5 Å². The molecular weight excluding hydrogens is 642 g/mol. The van der Waals surface area contributed by atoms with Gasteiger partial charge in [0.25, 0.3) is 0 Å². The number of aliphatic hydroxyl groups is 1. The number of ether oxygens (including phenoxy) is 1. The number of benzene rings is 3. The highest BCUT2D eigenvalue weighted by Gasteiger charge is 2.76. The Kier molecular flexibility index (Phi) is 8.52. The van der Waals surface area contributed by atoms with Crippen molar-refractivity contribution in [1.29, 1.82) is 0 Å². The van der Waals surface area contributed by atoms with Crippen molar-refractivity contribution in [2.75, 3.05) is 23.8 Å². The predicted molar refractivity (Wildman–Crippen MR) is 176 cm³/mol. The van der Waals surface area contributed by atoms with Crippen LogP contribution in [0.1, 0.15) is 36.1 Å². The van der Waals surface area contributed by atoms with Crippen LogP contribution in [-0.2, 0) is 14.4 Å². The van der Waals surface area contributed by atoms with E-state index in [0.717, 1.165) is 16.7 Å². The number of nitrogens with one attached hydrogen (secondary N) is 2. The summed E-state index contributed by atoms with van der Waals surface area (Å²) >= 11 is 5.39. The molecule has 1 spiro atoms. The minimum absolute atomic E-state index is 0.0760. The molecule has 3 aromatic carbocycles. The maximum Gasteiger partial charge on any atom is 0.248 e. The van der Waals surface area contributed by atoms with E-state index in [9.17, 15) is 19.5 Å². The third kappa shape index (κ3) is 5.20. The molecule has 8 nitrogen and oxygen atoms in total. The van der Waals surface area contributed by atoms with E-state index < -0.39 is 28.7 Å². The third-order valence-electron chi connectivity index (χ3n) is 9.06. The Morgan fingerprint density at radius 3 is 2.48 bits per heavy atom. The van der Waals surface area contributed by atoms with E-state index in [1.165, 1.54) is 0 Å². The molecule has 230 valence electrons. The molecule has 3 aromatic rings. The number of carbonyl (C=O) groups excluding carboxylic acids is 3. The van der Waals surface area contributed by atoms with Crippen LogP contribution < -0.4 is 15.4 Å². The minimum atomic E-state index is -0.907. The van der Waals surface area contributed by atoms with Crippen molar-refractivity contribution < 1.29 is 24.2 Å². The van der Waals surface area contributed by atoms with Gasteiger partial charge in [0.15, 0.2) is 0 Å². The summed E-state index contributed by atoms with van der Waals surface area (Å²) in [6.07, 6.45) is 0.542. The van der Waals surface area contributed by atoms with Gasteiger partial charge in [0.05, 0.1) is 35.8 Å². The third-order valence-corrected chi connectivity index (χ3v) is 12.3. The molecule has 3 saturated heterocycles. The summed E-state index contributed by atoms with van der Waals surface area (Å²) in [4.78, 5) is 44.6. The van der Waals surface area contributed by atoms with Crippen molar-refractivity contribution in [3.8, 4) is 5.75 Å². The zero-order valence-electron chi connectivity index (χ0n) is 24.8. The van der Waals surface area contributed by atoms with E-state index in [1.54, 1.807) is 40.9 Å². The Hall–Kier alpha value is -3.34. The van der Waals surface area contributed by atoms with Crippen LogP contribution >= 0.6 is 27.7 Å². The summed E-state index contributed by atoms with van der Waals surface area (Å²) in [7, 11) is 0. The lowest BCUT2D eigenvalue weighted by Gasteiger charge is -2.37. The van der Waals surface area contributed by atoms with Gasteiger partial charge in [-0.05, 0) is 74.2 Å². The summed E-state index contributed by atoms with van der Waals surface area (Å²) in [5, 5.41) is 16.7. The number of amides is 3. The molecule has 3 N–H and O–H groups in total. The largest absolute Gasteiger partial charge is 0.494 e. The second-order valence-electron chi connectivity index (χ2n) is 11.8. The van der Waals surface area contributed by atoms with Gasteiger partial charge in [0.1, 0.15) is 11.8 Å². The smallest absolute Gasteiger partial charge is 0.248 e. The number of fused-ring (bicyclic) bond motifs is 1. The first-order chi connectivity index (χ1) is 21.2. The van der Waals surface area contributed by atoms with Crippen LogP contribution in [0.4, 0.5) is 11.4 Å². The molecule has 0 radical (unpaired) electrons. The zero-order valence-corrected chi connectivity index (χ0v) is 27.2. The summed E-state index contributed by atoms with van der Waals surface area (Å²) in [5.41, 5.74) is 3.93. The molecule has 3 unspecified atom stereocenters. The summed E-state index contributed by atoms with van der Waals surface area (Å²) in [6.45, 7) is 5.98. The predicted octanol–water partition coefficient (Wildman–Crippen LogP) is 5.48. The van der Waals surface area contributed by atoms with Crippen molar-refractivity contribution in [2.24, 2.45) is 11.8 Å². The molecule has 6 rings (SSSR count). The highest BCUT2D eigenvalue weighted by atomic mass is 79.9. The fourth-order valence-corrected chi connectivity index (χ4v) is 10.7. The van der Waals surface area contributed by atoms with Gasteiger partial charge in [-0.2, -0.15) is 0 Å². The first-order valence-corrected chi connectivity index (χ1v) is 16.7. The quantitative estimate of drug-likeness (QED) is 0.259. The molecular formula is C34H36BrN3O5S. The molecule has 0 aromatic heterocycles. The standard InChI is InChI=1S/C34H36BrN3O5S/c1-4-43-23-14-12-22(13-15-23)36-31(40)27-28-33(42)38(26(18-39)21-8-6-5-7-9-21)30(34(28)17-24(35)29(27)44-34)32(41)37-25-16-19(2)10-11-20(25)3/h5-16,24,26-30,39H,4,17-18H2,1-3H3,(H,36,40)(H,37,41)/t24?,26-,27+,28+,29+,30?,34?/m1/s1. The molecule has 0 saturated carbocycles. The molecule has 3 fully saturated rings. The first-order valence-electron chi connectivity index (χ1n) is 14.9. The molecule has 10 heteroatoms. The van der Waals surface area contributed by atoms with E-state index in [2.05, 4.69) is 26.6 Å². The second-order valence-corrected chi connectivity index (χ2v) is 14.5. The molecule has 7 atom stereocenters. The van der Waals surface area contributed by atoms with E-state index in [4.69, 9.17) is 4.74 Å². The lowest BCUT2D eigenvalue weighted by atomic mass is 9.70. The first kappa shape index (κ1) is 30.7. The fourth-order valence-electron chi connectivity index (χ4n) is 7.13. The van der Waals surface area contributed by atoms with Crippen molar-refractivity contribution >= 4 is 56.8 Å². The Balaban J connectivity index is 1.39. The van der Waals surface area contributed by atoms with E-state index >= 15 is 0 Å².